The minimum atomic E-state index is -2.65. The van der Waals surface area contributed by atoms with Crippen molar-refractivity contribution in [1.29, 1.82) is 0 Å². The van der Waals surface area contributed by atoms with Gasteiger partial charge in [0, 0.05) is 67.2 Å². The number of hydrogen-bond acceptors (Lipinski definition) is 8. The number of nitrogens with one attached hydrogen (secondary N) is 2. The van der Waals surface area contributed by atoms with E-state index in [0.717, 1.165) is 41.7 Å². The number of fused-ring (bicyclic) bond motifs is 2. The van der Waals surface area contributed by atoms with Crippen LogP contribution in [0.4, 0.5) is 13.2 Å². The molecule has 2 saturated heterocycles. The number of rotatable bonds is 9. The van der Waals surface area contributed by atoms with Crippen LogP contribution in [-0.4, -0.2) is 90.2 Å². The maximum atomic E-state index is 14.8. The third kappa shape index (κ3) is 6.15. The summed E-state index contributed by atoms with van der Waals surface area (Å²) in [4.78, 5) is 25.8. The maximum absolute atomic E-state index is 14.8. The lowest BCUT2D eigenvalue weighted by molar-refractivity contribution is 0.0115. The molecule has 0 aliphatic carbocycles. The van der Waals surface area contributed by atoms with Gasteiger partial charge >= 0.3 is 0 Å². The van der Waals surface area contributed by atoms with Crippen molar-refractivity contribution in [2.45, 2.75) is 31.7 Å². The van der Waals surface area contributed by atoms with E-state index in [1.54, 1.807) is 35.8 Å². The van der Waals surface area contributed by atoms with Crippen molar-refractivity contribution >= 4 is 21.9 Å². The number of imidazole rings is 1. The first-order valence-corrected chi connectivity index (χ1v) is 15.8. The minimum absolute atomic E-state index is 0.127. The van der Waals surface area contributed by atoms with E-state index in [0.29, 0.717) is 64.9 Å². The predicted molar refractivity (Wildman–Crippen MR) is 171 cm³/mol. The third-order valence-corrected chi connectivity index (χ3v) is 8.84. The molecule has 8 rings (SSSR count). The Balaban J connectivity index is 1.08. The number of aromatic nitrogens is 7. The highest BCUT2D eigenvalue weighted by molar-refractivity contribution is 5.96. The number of ether oxygens (including phenoxy) is 1. The van der Waals surface area contributed by atoms with Gasteiger partial charge < -0.3 is 9.72 Å². The molecule has 2 fully saturated rings. The summed E-state index contributed by atoms with van der Waals surface area (Å²) in [5, 5.41) is 8.35. The molecule has 6 aromatic rings. The molecule has 0 saturated carbocycles. The van der Waals surface area contributed by atoms with Gasteiger partial charge in [0.15, 0.2) is 5.82 Å². The van der Waals surface area contributed by atoms with Gasteiger partial charge in [-0.05, 0) is 61.8 Å². The van der Waals surface area contributed by atoms with Crippen molar-refractivity contribution in [2.75, 3.05) is 39.3 Å². The Hall–Kier alpha value is -4.88. The molecule has 0 unspecified atom stereocenters. The van der Waals surface area contributed by atoms with Crippen LogP contribution in [0.3, 0.4) is 0 Å². The number of halogens is 3. The SMILES string of the molecule is Fc1cc(OCCN2CCCC2)cc(-c2nccc3[nH]c(-c4n[nH]c5cnc(-c6cncc(CN7CCC(F)(F)C7)c6)cc45)nc23)c1. The normalized spacial score (nSPS) is 16.9. The second kappa shape index (κ2) is 12.0. The monoisotopic (exact) mass is 639 g/mol. The summed E-state index contributed by atoms with van der Waals surface area (Å²) >= 11 is 0. The second-order valence-corrected chi connectivity index (χ2v) is 12.3. The van der Waals surface area contributed by atoms with Crippen LogP contribution in [0.1, 0.15) is 24.8 Å². The Kier molecular flexibility index (Phi) is 7.57. The van der Waals surface area contributed by atoms with Crippen LogP contribution in [0.5, 0.6) is 5.75 Å². The van der Waals surface area contributed by atoms with E-state index in [-0.39, 0.29) is 13.0 Å². The molecule has 0 bridgehead atoms. The van der Waals surface area contributed by atoms with Crippen molar-refractivity contribution in [3.63, 3.8) is 0 Å². The van der Waals surface area contributed by atoms with Gasteiger partial charge in [0.05, 0.1) is 35.2 Å². The first-order valence-electron chi connectivity index (χ1n) is 15.8. The summed E-state index contributed by atoms with van der Waals surface area (Å²) in [6, 6.07) is 10.3. The van der Waals surface area contributed by atoms with Crippen molar-refractivity contribution in [3.05, 3.63) is 72.6 Å². The Bertz CT molecular complexity index is 2070. The Labute approximate surface area is 268 Å². The molecular formula is C34H32F3N9O. The van der Waals surface area contributed by atoms with Gasteiger partial charge in [-0.15, -0.1) is 0 Å². The van der Waals surface area contributed by atoms with Gasteiger partial charge in [-0.2, -0.15) is 5.10 Å². The van der Waals surface area contributed by atoms with Gasteiger partial charge in [0.25, 0.3) is 5.92 Å². The molecule has 10 nitrogen and oxygen atoms in total. The fourth-order valence-corrected chi connectivity index (χ4v) is 6.51. The Morgan fingerprint density at radius 2 is 1.79 bits per heavy atom. The average molecular weight is 640 g/mol. The number of pyridine rings is 3. The van der Waals surface area contributed by atoms with Crippen molar-refractivity contribution in [3.8, 4) is 39.8 Å². The number of H-pyrrole nitrogens is 2. The van der Waals surface area contributed by atoms with Crippen LogP contribution < -0.4 is 4.74 Å². The number of aromatic amines is 2. The smallest absolute Gasteiger partial charge is 0.261 e. The average Bonchev–Trinajstić information content (AvgIpc) is 3.87. The van der Waals surface area contributed by atoms with Crippen LogP contribution in [0, 0.1) is 5.82 Å². The molecule has 2 aliphatic rings. The highest BCUT2D eigenvalue weighted by Crippen LogP contribution is 2.34. The molecule has 0 spiro atoms. The Morgan fingerprint density at radius 1 is 0.894 bits per heavy atom. The summed E-state index contributed by atoms with van der Waals surface area (Å²) in [5.41, 5.74) is 5.95. The van der Waals surface area contributed by atoms with Gasteiger partial charge in [0.1, 0.15) is 29.4 Å². The standard InChI is InChI=1S/C34H32F3N9O/c35-24-12-22(13-25(14-24)47-10-9-45-6-1-2-7-45)30-32-27(3-5-39-30)41-33(42-32)31-26-15-28(40-18-29(26)43-44-31)23-11-21(16-38-17-23)19-46-8-4-34(36,37)20-46/h3,5,11-18H,1-2,4,6-10,19-20H2,(H,41,42)(H,43,44). The first-order chi connectivity index (χ1) is 22.9. The Morgan fingerprint density at radius 3 is 2.64 bits per heavy atom. The largest absolute Gasteiger partial charge is 0.492 e. The van der Waals surface area contributed by atoms with Gasteiger partial charge in [-0.1, -0.05) is 0 Å². The van der Waals surface area contributed by atoms with E-state index in [4.69, 9.17) is 9.72 Å². The van der Waals surface area contributed by atoms with Crippen LogP contribution in [0.2, 0.25) is 0 Å². The van der Waals surface area contributed by atoms with Crippen molar-refractivity contribution < 1.29 is 17.9 Å². The quantitative estimate of drug-likeness (QED) is 0.196. The molecule has 0 atom stereocenters. The topological polar surface area (TPSA) is 112 Å². The maximum Gasteiger partial charge on any atom is 0.261 e. The zero-order valence-electron chi connectivity index (χ0n) is 25.5. The van der Waals surface area contributed by atoms with Crippen molar-refractivity contribution in [2.24, 2.45) is 0 Å². The van der Waals surface area contributed by atoms with Crippen molar-refractivity contribution in [1.82, 2.24) is 44.9 Å². The molecule has 240 valence electrons. The van der Waals surface area contributed by atoms with Gasteiger partial charge in [0.2, 0.25) is 0 Å². The van der Waals surface area contributed by atoms with E-state index >= 15 is 0 Å². The van der Waals surface area contributed by atoms with E-state index in [2.05, 4.69) is 35.0 Å². The van der Waals surface area contributed by atoms with Crippen LogP contribution >= 0.6 is 0 Å². The number of benzene rings is 1. The molecular weight excluding hydrogens is 607 g/mol. The summed E-state index contributed by atoms with van der Waals surface area (Å²) in [6.07, 6.45) is 9.04. The lowest BCUT2D eigenvalue weighted by Gasteiger charge is -2.15. The van der Waals surface area contributed by atoms with E-state index in [9.17, 15) is 13.2 Å². The highest BCUT2D eigenvalue weighted by Gasteiger charge is 2.38. The third-order valence-electron chi connectivity index (χ3n) is 8.84. The number of likely N-dealkylation sites (tertiary alicyclic amines) is 2. The summed E-state index contributed by atoms with van der Waals surface area (Å²) in [5.74, 6) is -2.10. The van der Waals surface area contributed by atoms with Crippen LogP contribution in [0.25, 0.3) is 56.0 Å². The highest BCUT2D eigenvalue weighted by atomic mass is 19.3. The summed E-state index contributed by atoms with van der Waals surface area (Å²) < 4.78 is 48.2. The van der Waals surface area contributed by atoms with E-state index in [1.165, 1.54) is 25.0 Å². The molecule has 47 heavy (non-hydrogen) atoms. The van der Waals surface area contributed by atoms with E-state index < -0.39 is 11.7 Å². The molecule has 7 heterocycles. The molecule has 0 radical (unpaired) electrons. The number of alkyl halides is 2. The van der Waals surface area contributed by atoms with Gasteiger partial charge in [-0.25, -0.2) is 18.2 Å². The van der Waals surface area contributed by atoms with E-state index in [1.807, 2.05) is 18.2 Å². The fraction of sp³-hybridized carbons (Fsp3) is 0.324. The predicted octanol–water partition coefficient (Wildman–Crippen LogP) is 6.08. The van der Waals surface area contributed by atoms with Gasteiger partial charge in [-0.3, -0.25) is 29.9 Å². The fourth-order valence-electron chi connectivity index (χ4n) is 6.51. The zero-order valence-corrected chi connectivity index (χ0v) is 25.5. The molecule has 5 aromatic heterocycles. The lowest BCUT2D eigenvalue weighted by atomic mass is 10.1. The molecule has 1 aromatic carbocycles. The molecule has 2 aliphatic heterocycles. The molecule has 2 N–H and O–H groups in total. The summed E-state index contributed by atoms with van der Waals surface area (Å²) in [6.45, 7) is 3.92. The van der Waals surface area contributed by atoms with Crippen LogP contribution in [0.15, 0.2) is 61.2 Å². The summed E-state index contributed by atoms with van der Waals surface area (Å²) in [7, 11) is 0. The first kappa shape index (κ1) is 29.5. The molecule has 13 heteroatoms. The van der Waals surface area contributed by atoms with Crippen LogP contribution in [-0.2, 0) is 6.54 Å². The molecule has 0 amide bonds. The minimum Gasteiger partial charge on any atom is -0.492 e. The second-order valence-electron chi connectivity index (χ2n) is 12.3. The lowest BCUT2D eigenvalue weighted by Crippen LogP contribution is -2.25. The number of hydrogen-bond donors (Lipinski definition) is 2. The number of nitrogens with zero attached hydrogens (tertiary/aromatic N) is 7. The zero-order chi connectivity index (χ0) is 32.0.